The van der Waals surface area contributed by atoms with E-state index >= 15 is 0 Å². The molecule has 1 amide bonds. The minimum Gasteiger partial charge on any atom is -0.340 e. The molecular formula is C6H11NO2S. The van der Waals surface area contributed by atoms with E-state index in [2.05, 4.69) is 17.1 Å². The van der Waals surface area contributed by atoms with E-state index in [0.717, 1.165) is 6.42 Å². The third-order valence-corrected chi connectivity index (χ3v) is 2.05. The van der Waals surface area contributed by atoms with Crippen molar-refractivity contribution < 1.29 is 8.98 Å². The fourth-order valence-corrected chi connectivity index (χ4v) is 1.32. The Hall–Kier alpha value is -0.220. The van der Waals surface area contributed by atoms with Gasteiger partial charge in [0.15, 0.2) is 0 Å². The lowest BCUT2D eigenvalue weighted by Crippen LogP contribution is -2.31. The van der Waals surface area contributed by atoms with E-state index in [1.54, 1.807) is 11.9 Å². The fourth-order valence-electron chi connectivity index (χ4n) is 1.14. The Bertz CT molecular complexity index is 140. The number of thiol groups is 1. The summed E-state index contributed by atoms with van der Waals surface area (Å²) >= 11 is 3.63. The van der Waals surface area contributed by atoms with Crippen molar-refractivity contribution in [2.75, 3.05) is 13.7 Å². The van der Waals surface area contributed by atoms with Crippen molar-refractivity contribution in [1.82, 2.24) is 4.90 Å². The molecule has 0 unspecified atom stereocenters. The average molecular weight is 161 g/mol. The maximum atomic E-state index is 10.9. The molecule has 0 N–H and O–H groups in total. The van der Waals surface area contributed by atoms with Gasteiger partial charge in [-0.1, -0.05) is 0 Å². The van der Waals surface area contributed by atoms with Gasteiger partial charge in [-0.25, -0.2) is 0 Å². The smallest absolute Gasteiger partial charge is 0.222 e. The van der Waals surface area contributed by atoms with Crippen LogP contribution in [0.15, 0.2) is 0 Å². The summed E-state index contributed by atoms with van der Waals surface area (Å²) in [5, 5.41) is 0. The summed E-state index contributed by atoms with van der Waals surface area (Å²) in [5.41, 5.74) is 0. The molecule has 1 aliphatic rings. The molecule has 0 bridgehead atoms. The topological polar surface area (TPSA) is 29.5 Å². The molecule has 0 spiro atoms. The van der Waals surface area contributed by atoms with Crippen LogP contribution < -0.4 is 0 Å². The van der Waals surface area contributed by atoms with Gasteiger partial charge in [-0.3, -0.25) is 4.79 Å². The first-order chi connectivity index (χ1) is 4.75. The molecule has 0 aromatic heterocycles. The van der Waals surface area contributed by atoms with Gasteiger partial charge in [-0.15, -0.1) is 0 Å². The summed E-state index contributed by atoms with van der Waals surface area (Å²) in [5.74, 6) is 0.204. The number of nitrogens with zero attached hydrogens (tertiary/aromatic N) is 1. The Balaban J connectivity index is 2.41. The highest BCUT2D eigenvalue weighted by Crippen LogP contribution is 2.16. The minimum absolute atomic E-state index is 0.204. The van der Waals surface area contributed by atoms with E-state index < -0.39 is 0 Å². The molecule has 0 saturated carbocycles. The largest absolute Gasteiger partial charge is 0.340 e. The number of hydrogen-bond donors (Lipinski definition) is 1. The van der Waals surface area contributed by atoms with Crippen LogP contribution in [0.25, 0.3) is 0 Å². The molecule has 0 aromatic rings. The minimum atomic E-state index is 0.204. The van der Waals surface area contributed by atoms with Gasteiger partial charge < -0.3 is 9.08 Å². The zero-order chi connectivity index (χ0) is 7.56. The molecule has 1 heterocycles. The van der Waals surface area contributed by atoms with Crippen molar-refractivity contribution >= 4 is 18.8 Å². The van der Waals surface area contributed by atoms with Crippen molar-refractivity contribution in [3.8, 4) is 0 Å². The van der Waals surface area contributed by atoms with Gasteiger partial charge in [0, 0.05) is 13.5 Å². The van der Waals surface area contributed by atoms with Crippen LogP contribution in [-0.4, -0.2) is 30.5 Å². The van der Waals surface area contributed by atoms with Crippen molar-refractivity contribution in [1.29, 1.82) is 0 Å². The lowest BCUT2D eigenvalue weighted by Gasteiger charge is -2.17. The fraction of sp³-hybridized carbons (Fsp3) is 0.833. The van der Waals surface area contributed by atoms with E-state index in [4.69, 9.17) is 0 Å². The molecule has 3 nitrogen and oxygen atoms in total. The first-order valence-corrected chi connectivity index (χ1v) is 3.64. The quantitative estimate of drug-likeness (QED) is 0.471. The van der Waals surface area contributed by atoms with Gasteiger partial charge >= 0.3 is 0 Å². The maximum Gasteiger partial charge on any atom is 0.222 e. The summed E-state index contributed by atoms with van der Waals surface area (Å²) in [6.07, 6.45) is 1.55. The SMILES string of the molecule is CN1C(=O)CC[C@H]1COS. The number of amides is 1. The highest BCUT2D eigenvalue weighted by atomic mass is 32.1. The second kappa shape index (κ2) is 3.25. The third kappa shape index (κ3) is 1.44. The zero-order valence-corrected chi connectivity index (χ0v) is 6.80. The predicted molar refractivity (Wildman–Crippen MR) is 40.7 cm³/mol. The van der Waals surface area contributed by atoms with Crippen LogP contribution in [0.1, 0.15) is 12.8 Å². The summed E-state index contributed by atoms with van der Waals surface area (Å²) in [4.78, 5) is 12.6. The molecule has 0 radical (unpaired) electrons. The Kier molecular flexibility index (Phi) is 2.56. The van der Waals surface area contributed by atoms with Gasteiger partial charge in [0.05, 0.1) is 12.6 Å². The molecule has 58 valence electrons. The number of hydrogen-bond acceptors (Lipinski definition) is 3. The molecule has 1 saturated heterocycles. The highest BCUT2D eigenvalue weighted by molar-refractivity contribution is 7.75. The first-order valence-electron chi connectivity index (χ1n) is 3.27. The lowest BCUT2D eigenvalue weighted by molar-refractivity contribution is -0.127. The predicted octanol–water partition coefficient (Wildman–Crippen LogP) is 0.469. The summed E-state index contributed by atoms with van der Waals surface area (Å²) in [6.45, 7) is 0.533. The van der Waals surface area contributed by atoms with Crippen molar-refractivity contribution in [2.24, 2.45) is 0 Å². The van der Waals surface area contributed by atoms with Crippen LogP contribution >= 0.6 is 12.9 Å². The van der Waals surface area contributed by atoms with Crippen molar-refractivity contribution in [2.45, 2.75) is 18.9 Å². The van der Waals surface area contributed by atoms with E-state index in [1.807, 2.05) is 0 Å². The van der Waals surface area contributed by atoms with E-state index in [1.165, 1.54) is 0 Å². The number of carbonyl (C=O) groups is 1. The van der Waals surface area contributed by atoms with Gasteiger partial charge in [0.2, 0.25) is 5.91 Å². The Morgan fingerprint density at radius 1 is 1.90 bits per heavy atom. The van der Waals surface area contributed by atoms with Crippen LogP contribution in [0.2, 0.25) is 0 Å². The normalized spacial score (nSPS) is 26.0. The van der Waals surface area contributed by atoms with Crippen LogP contribution in [0, 0.1) is 0 Å². The van der Waals surface area contributed by atoms with Crippen LogP contribution in [0.4, 0.5) is 0 Å². The van der Waals surface area contributed by atoms with Crippen LogP contribution in [-0.2, 0) is 8.98 Å². The number of likely N-dealkylation sites (tertiary alicyclic amines) is 1. The lowest BCUT2D eigenvalue weighted by atomic mass is 10.2. The van der Waals surface area contributed by atoms with Gasteiger partial charge in [-0.05, 0) is 19.3 Å². The Morgan fingerprint density at radius 2 is 2.60 bits per heavy atom. The molecule has 0 aliphatic carbocycles. The maximum absolute atomic E-state index is 10.9. The Labute approximate surface area is 66.0 Å². The molecule has 0 aromatic carbocycles. The van der Waals surface area contributed by atoms with Crippen LogP contribution in [0.3, 0.4) is 0 Å². The highest BCUT2D eigenvalue weighted by Gasteiger charge is 2.27. The monoisotopic (exact) mass is 161 g/mol. The molecule has 1 rings (SSSR count). The molecule has 1 aliphatic heterocycles. The summed E-state index contributed by atoms with van der Waals surface area (Å²) in [7, 11) is 1.80. The molecule has 1 fully saturated rings. The zero-order valence-electron chi connectivity index (χ0n) is 5.91. The number of likely N-dealkylation sites (N-methyl/N-ethyl adjacent to an activating group) is 1. The second-order valence-electron chi connectivity index (χ2n) is 2.49. The van der Waals surface area contributed by atoms with E-state index in [-0.39, 0.29) is 11.9 Å². The third-order valence-electron chi connectivity index (χ3n) is 1.90. The standard InChI is InChI=1S/C6H11NO2S/c1-7-5(4-9-10)2-3-6(7)8/h5,10H,2-4H2,1H3/t5-/m0/s1. The van der Waals surface area contributed by atoms with Crippen molar-refractivity contribution in [3.05, 3.63) is 0 Å². The van der Waals surface area contributed by atoms with Crippen LogP contribution in [0.5, 0.6) is 0 Å². The van der Waals surface area contributed by atoms with Crippen molar-refractivity contribution in [3.63, 3.8) is 0 Å². The summed E-state index contributed by atoms with van der Waals surface area (Å²) in [6, 6.07) is 0.241. The molecular weight excluding hydrogens is 150 g/mol. The van der Waals surface area contributed by atoms with Gasteiger partial charge in [0.25, 0.3) is 0 Å². The van der Waals surface area contributed by atoms with Gasteiger partial charge in [-0.2, -0.15) is 0 Å². The molecule has 4 heteroatoms. The number of rotatable bonds is 2. The molecule has 10 heavy (non-hydrogen) atoms. The van der Waals surface area contributed by atoms with E-state index in [0.29, 0.717) is 13.0 Å². The average Bonchev–Trinajstić information content (AvgIpc) is 2.20. The molecule has 1 atom stereocenters. The Morgan fingerprint density at radius 3 is 3.00 bits per heavy atom. The van der Waals surface area contributed by atoms with Gasteiger partial charge in [0.1, 0.15) is 0 Å². The first kappa shape index (κ1) is 7.88. The summed E-state index contributed by atoms with van der Waals surface area (Å²) < 4.78 is 4.65. The van der Waals surface area contributed by atoms with E-state index in [9.17, 15) is 4.79 Å². The number of carbonyl (C=O) groups excluding carboxylic acids is 1. The second-order valence-corrected chi connectivity index (χ2v) is 2.75.